The van der Waals surface area contributed by atoms with Crippen molar-refractivity contribution in [2.24, 2.45) is 10.7 Å². The summed E-state index contributed by atoms with van der Waals surface area (Å²) in [5.41, 5.74) is 6.70. The van der Waals surface area contributed by atoms with E-state index in [4.69, 9.17) is 5.73 Å². The summed E-state index contributed by atoms with van der Waals surface area (Å²) in [7, 11) is 1.66. The summed E-state index contributed by atoms with van der Waals surface area (Å²) in [5.74, 6) is 0.444. The molecule has 1 aromatic heterocycles. The summed E-state index contributed by atoms with van der Waals surface area (Å²) >= 11 is 1.65. The van der Waals surface area contributed by atoms with Gasteiger partial charge in [0.25, 0.3) is 0 Å². The summed E-state index contributed by atoms with van der Waals surface area (Å²) in [6.07, 6.45) is 1.86. The van der Waals surface area contributed by atoms with E-state index in [9.17, 15) is 0 Å². The average Bonchev–Trinajstić information content (AvgIpc) is 2.86. The highest BCUT2D eigenvalue weighted by Gasteiger charge is 2.03. The largest absolute Gasteiger partial charge is 0.370 e. The molecule has 0 spiro atoms. The lowest BCUT2D eigenvalue weighted by Crippen LogP contribution is -2.30. The highest BCUT2D eigenvalue weighted by atomic mass is 79.9. The third-order valence-corrected chi connectivity index (χ3v) is 3.31. The molecule has 0 aliphatic heterocycles. The first-order valence-corrected chi connectivity index (χ1v) is 6.07. The van der Waals surface area contributed by atoms with Gasteiger partial charge in [-0.3, -0.25) is 4.99 Å². The summed E-state index contributed by atoms with van der Waals surface area (Å²) in [6, 6.07) is 10.1. The lowest BCUT2D eigenvalue weighted by Gasteiger charge is -2.00. The molecule has 0 radical (unpaired) electrons. The van der Waals surface area contributed by atoms with Gasteiger partial charge in [0.1, 0.15) is 5.01 Å². The molecule has 0 bridgehead atoms. The van der Waals surface area contributed by atoms with Gasteiger partial charge in [-0.05, 0) is 0 Å². The van der Waals surface area contributed by atoms with Crippen molar-refractivity contribution in [2.75, 3.05) is 7.05 Å². The van der Waals surface area contributed by atoms with Gasteiger partial charge in [0.15, 0.2) is 5.96 Å². The first-order chi connectivity index (χ1) is 8.29. The molecule has 0 saturated carbocycles. The Morgan fingerprint density at radius 3 is 2.78 bits per heavy atom. The number of thiazole rings is 1. The number of aliphatic imine (C=N–C) groups is 1. The maximum Gasteiger partial charge on any atom is 0.188 e. The second kappa shape index (κ2) is 7.13. The third kappa shape index (κ3) is 3.82. The van der Waals surface area contributed by atoms with Crippen LogP contribution in [0.25, 0.3) is 10.6 Å². The van der Waals surface area contributed by atoms with Crippen molar-refractivity contribution >= 4 is 34.3 Å². The molecule has 0 aliphatic rings. The molecule has 0 fully saturated rings. The van der Waals surface area contributed by atoms with E-state index in [2.05, 4.69) is 27.4 Å². The minimum Gasteiger partial charge on any atom is -0.370 e. The molecule has 2 rings (SSSR count). The maximum absolute atomic E-state index is 5.56. The van der Waals surface area contributed by atoms with Gasteiger partial charge in [-0.2, -0.15) is 0 Å². The van der Waals surface area contributed by atoms with E-state index in [0.717, 1.165) is 15.4 Å². The van der Waals surface area contributed by atoms with Crippen LogP contribution in [0.2, 0.25) is 0 Å². The smallest absolute Gasteiger partial charge is 0.188 e. The van der Waals surface area contributed by atoms with Crippen LogP contribution >= 0.6 is 28.3 Å². The second-order valence-corrected chi connectivity index (χ2v) is 4.58. The van der Waals surface area contributed by atoms with Crippen LogP contribution in [-0.4, -0.2) is 18.0 Å². The fourth-order valence-electron chi connectivity index (χ4n) is 1.36. The first-order valence-electron chi connectivity index (χ1n) is 5.26. The van der Waals surface area contributed by atoms with Crippen LogP contribution in [0.4, 0.5) is 0 Å². The van der Waals surface area contributed by atoms with E-state index in [1.54, 1.807) is 18.4 Å². The van der Waals surface area contributed by atoms with Crippen LogP contribution in [0, 0.1) is 0 Å². The highest BCUT2D eigenvalue weighted by Crippen LogP contribution is 2.24. The van der Waals surface area contributed by atoms with E-state index in [1.807, 2.05) is 24.4 Å². The molecule has 0 atom stereocenters. The number of hydrogen-bond acceptors (Lipinski definition) is 3. The Morgan fingerprint density at radius 2 is 2.11 bits per heavy atom. The highest BCUT2D eigenvalue weighted by molar-refractivity contribution is 8.93. The van der Waals surface area contributed by atoms with Crippen LogP contribution in [0.5, 0.6) is 0 Å². The van der Waals surface area contributed by atoms with E-state index in [1.165, 1.54) is 0 Å². The molecule has 3 N–H and O–H groups in total. The van der Waals surface area contributed by atoms with E-state index in [-0.39, 0.29) is 17.0 Å². The molecule has 0 amide bonds. The third-order valence-electron chi connectivity index (χ3n) is 2.26. The first kappa shape index (κ1) is 14.7. The van der Waals surface area contributed by atoms with Crippen LogP contribution < -0.4 is 11.1 Å². The number of hydrogen-bond donors (Lipinski definition) is 2. The van der Waals surface area contributed by atoms with Crippen molar-refractivity contribution in [3.8, 4) is 10.6 Å². The topological polar surface area (TPSA) is 63.3 Å². The van der Waals surface area contributed by atoms with E-state index >= 15 is 0 Å². The summed E-state index contributed by atoms with van der Waals surface area (Å²) in [5, 5.41) is 4.03. The molecule has 6 heteroatoms. The Kier molecular flexibility index (Phi) is 5.80. The molecule has 1 heterocycles. The monoisotopic (exact) mass is 326 g/mol. The molecular weight excluding hydrogens is 312 g/mol. The predicted molar refractivity (Wildman–Crippen MR) is 82.3 cm³/mol. The minimum atomic E-state index is 0. The normalized spacial score (nSPS) is 10.8. The Hall–Kier alpha value is -1.40. The Balaban J connectivity index is 0.00000162. The van der Waals surface area contributed by atoms with Gasteiger partial charge in [0.2, 0.25) is 0 Å². The zero-order chi connectivity index (χ0) is 12.1. The summed E-state index contributed by atoms with van der Waals surface area (Å²) < 4.78 is 0. The maximum atomic E-state index is 5.56. The van der Waals surface area contributed by atoms with Crippen molar-refractivity contribution in [3.63, 3.8) is 0 Å². The zero-order valence-corrected chi connectivity index (χ0v) is 12.5. The number of aromatic nitrogens is 1. The van der Waals surface area contributed by atoms with E-state index in [0.29, 0.717) is 12.5 Å². The number of nitrogens with two attached hydrogens (primary N) is 1. The quantitative estimate of drug-likeness (QED) is 0.672. The van der Waals surface area contributed by atoms with Crippen LogP contribution in [0.1, 0.15) is 4.88 Å². The van der Waals surface area contributed by atoms with Gasteiger partial charge in [-0.15, -0.1) is 28.3 Å². The van der Waals surface area contributed by atoms with Crippen LogP contribution in [-0.2, 0) is 6.54 Å². The minimum absolute atomic E-state index is 0. The second-order valence-electron chi connectivity index (χ2n) is 3.46. The van der Waals surface area contributed by atoms with Crippen molar-refractivity contribution < 1.29 is 0 Å². The summed E-state index contributed by atoms with van der Waals surface area (Å²) in [6.45, 7) is 0.660. The number of guanidine groups is 1. The van der Waals surface area contributed by atoms with Gasteiger partial charge in [0.05, 0.1) is 6.54 Å². The average molecular weight is 327 g/mol. The van der Waals surface area contributed by atoms with Crippen LogP contribution in [0.15, 0.2) is 41.5 Å². The van der Waals surface area contributed by atoms with Gasteiger partial charge in [0, 0.05) is 23.7 Å². The fourth-order valence-corrected chi connectivity index (χ4v) is 2.22. The number of benzene rings is 1. The molecule has 96 valence electrons. The van der Waals surface area contributed by atoms with Crippen molar-refractivity contribution in [3.05, 3.63) is 41.4 Å². The fraction of sp³-hybridized carbons (Fsp3) is 0.167. The number of halogens is 1. The molecule has 2 aromatic rings. The SMILES string of the molecule is Br.CN=C(N)NCc1cnc(-c2ccccc2)s1. The molecule has 1 aromatic carbocycles. The lowest BCUT2D eigenvalue weighted by atomic mass is 10.2. The molecule has 0 unspecified atom stereocenters. The molecule has 0 aliphatic carbocycles. The Labute approximate surface area is 121 Å². The van der Waals surface area contributed by atoms with Crippen molar-refractivity contribution in [1.82, 2.24) is 10.3 Å². The Morgan fingerprint density at radius 1 is 1.39 bits per heavy atom. The number of rotatable bonds is 3. The molecule has 18 heavy (non-hydrogen) atoms. The number of nitrogens with one attached hydrogen (secondary N) is 1. The standard InChI is InChI=1S/C12H14N4S.BrH/c1-14-12(13)16-8-10-7-15-11(17-10)9-5-3-2-4-6-9;/h2-7H,8H2,1H3,(H3,13,14,16);1H. The number of nitrogens with zero attached hydrogens (tertiary/aromatic N) is 2. The summed E-state index contributed by atoms with van der Waals surface area (Å²) in [4.78, 5) is 9.36. The van der Waals surface area contributed by atoms with Crippen molar-refractivity contribution in [1.29, 1.82) is 0 Å². The lowest BCUT2D eigenvalue weighted by molar-refractivity contribution is 0.915. The predicted octanol–water partition coefficient (Wildman–Crippen LogP) is 2.42. The van der Waals surface area contributed by atoms with E-state index < -0.39 is 0 Å². The van der Waals surface area contributed by atoms with Crippen molar-refractivity contribution in [2.45, 2.75) is 6.54 Å². The van der Waals surface area contributed by atoms with Gasteiger partial charge < -0.3 is 11.1 Å². The molecule has 4 nitrogen and oxygen atoms in total. The molecular formula is C12H15BrN4S. The Bertz CT molecular complexity index is 510. The van der Waals surface area contributed by atoms with Gasteiger partial charge in [-0.25, -0.2) is 4.98 Å². The van der Waals surface area contributed by atoms with Gasteiger partial charge >= 0.3 is 0 Å². The zero-order valence-electron chi connectivity index (χ0n) is 9.96. The molecule has 0 saturated heterocycles. The van der Waals surface area contributed by atoms with Gasteiger partial charge in [-0.1, -0.05) is 30.3 Å². The van der Waals surface area contributed by atoms with Crippen LogP contribution in [0.3, 0.4) is 0 Å².